The van der Waals surface area contributed by atoms with Crippen LogP contribution in [0.2, 0.25) is 0 Å². The van der Waals surface area contributed by atoms with Crippen molar-refractivity contribution in [1.82, 2.24) is 10.2 Å². The molecule has 0 radical (unpaired) electrons. The molecule has 0 saturated heterocycles. The average Bonchev–Trinajstić information content (AvgIpc) is 2.60. The number of rotatable bonds is 1. The molecule has 1 heterocycles. The van der Waals surface area contributed by atoms with Crippen LogP contribution >= 0.6 is 0 Å². The quantitative estimate of drug-likeness (QED) is 0.522. The molecule has 0 bridgehead atoms. The van der Waals surface area contributed by atoms with Gasteiger partial charge in [-0.2, -0.15) is 5.26 Å². The molecule has 0 unspecified atom stereocenters. The minimum atomic E-state index is 0.571. The Morgan fingerprint density at radius 3 is 2.32 bits per heavy atom. The molecule has 0 spiro atoms. The van der Waals surface area contributed by atoms with Gasteiger partial charge in [0.2, 0.25) is 0 Å². The van der Waals surface area contributed by atoms with Crippen LogP contribution in [0.3, 0.4) is 0 Å². The van der Waals surface area contributed by atoms with Gasteiger partial charge in [0.15, 0.2) is 0 Å². The monoisotopic (exact) mass is 281 g/mol. The summed E-state index contributed by atoms with van der Waals surface area (Å²) in [4.78, 5) is 0. The fourth-order valence-corrected chi connectivity index (χ4v) is 2.79. The van der Waals surface area contributed by atoms with Crippen LogP contribution in [-0.2, 0) is 0 Å². The molecule has 0 aliphatic carbocycles. The van der Waals surface area contributed by atoms with Gasteiger partial charge in [0.25, 0.3) is 0 Å². The molecule has 0 saturated carbocycles. The van der Waals surface area contributed by atoms with E-state index in [1.165, 1.54) is 0 Å². The third-order valence-electron chi connectivity index (χ3n) is 3.82. The molecule has 0 atom stereocenters. The predicted octanol–water partition coefficient (Wildman–Crippen LogP) is 4.32. The summed E-state index contributed by atoms with van der Waals surface area (Å²) in [7, 11) is 0. The zero-order valence-corrected chi connectivity index (χ0v) is 11.7. The molecular weight excluding hydrogens is 270 g/mol. The SMILES string of the molecule is N#Cc1c(-c2cccc3ccccc23)nnc2ccccc12. The first-order chi connectivity index (χ1) is 10.9. The normalized spacial score (nSPS) is 10.7. The number of benzene rings is 3. The molecular formula is C19H11N3. The molecule has 3 nitrogen and oxygen atoms in total. The molecule has 0 N–H and O–H groups in total. The van der Waals surface area contributed by atoms with E-state index in [0.717, 1.165) is 27.2 Å². The van der Waals surface area contributed by atoms with Crippen molar-refractivity contribution in [3.63, 3.8) is 0 Å². The fraction of sp³-hybridized carbons (Fsp3) is 0. The van der Waals surface area contributed by atoms with Crippen LogP contribution < -0.4 is 0 Å². The lowest BCUT2D eigenvalue weighted by Crippen LogP contribution is -1.95. The van der Waals surface area contributed by atoms with Crippen molar-refractivity contribution in [3.05, 3.63) is 72.3 Å². The van der Waals surface area contributed by atoms with Gasteiger partial charge >= 0.3 is 0 Å². The largest absolute Gasteiger partial charge is 0.192 e. The highest BCUT2D eigenvalue weighted by atomic mass is 15.1. The summed E-state index contributed by atoms with van der Waals surface area (Å²) in [6.45, 7) is 0. The van der Waals surface area contributed by atoms with E-state index in [1.54, 1.807) is 0 Å². The van der Waals surface area contributed by atoms with E-state index in [-0.39, 0.29) is 0 Å². The number of nitrogens with zero attached hydrogens (tertiary/aromatic N) is 3. The zero-order chi connectivity index (χ0) is 14.9. The van der Waals surface area contributed by atoms with Gasteiger partial charge in [-0.05, 0) is 16.8 Å². The third-order valence-corrected chi connectivity index (χ3v) is 3.82. The maximum absolute atomic E-state index is 9.63. The molecule has 22 heavy (non-hydrogen) atoms. The van der Waals surface area contributed by atoms with Crippen molar-refractivity contribution in [2.75, 3.05) is 0 Å². The van der Waals surface area contributed by atoms with Gasteiger partial charge in [0.05, 0.1) is 11.1 Å². The average molecular weight is 281 g/mol. The Morgan fingerprint density at radius 2 is 1.45 bits per heavy atom. The van der Waals surface area contributed by atoms with Crippen LogP contribution in [0, 0.1) is 11.3 Å². The molecule has 102 valence electrons. The minimum Gasteiger partial charge on any atom is -0.192 e. The van der Waals surface area contributed by atoms with Crippen molar-refractivity contribution < 1.29 is 0 Å². The Morgan fingerprint density at radius 1 is 0.727 bits per heavy atom. The maximum atomic E-state index is 9.63. The van der Waals surface area contributed by atoms with Crippen LogP contribution in [0.5, 0.6) is 0 Å². The van der Waals surface area contributed by atoms with E-state index in [2.05, 4.69) is 28.4 Å². The minimum absolute atomic E-state index is 0.571. The van der Waals surface area contributed by atoms with Crippen molar-refractivity contribution in [1.29, 1.82) is 5.26 Å². The standard InChI is InChI=1S/C19H11N3/c20-12-17-15-9-3-4-11-18(15)21-22-19(17)16-10-5-7-13-6-1-2-8-14(13)16/h1-11H. The first kappa shape index (κ1) is 12.5. The fourth-order valence-electron chi connectivity index (χ4n) is 2.79. The summed E-state index contributed by atoms with van der Waals surface area (Å²) in [5, 5.41) is 21.3. The number of hydrogen-bond donors (Lipinski definition) is 0. The van der Waals surface area contributed by atoms with Crippen molar-refractivity contribution in [2.24, 2.45) is 0 Å². The first-order valence-corrected chi connectivity index (χ1v) is 7.02. The summed E-state index contributed by atoms with van der Waals surface area (Å²) < 4.78 is 0. The molecule has 3 aromatic carbocycles. The van der Waals surface area contributed by atoms with E-state index in [9.17, 15) is 5.26 Å². The predicted molar refractivity (Wildman–Crippen MR) is 87.2 cm³/mol. The summed E-state index contributed by atoms with van der Waals surface area (Å²) >= 11 is 0. The second-order valence-electron chi connectivity index (χ2n) is 5.08. The van der Waals surface area contributed by atoms with Crippen LogP contribution in [0.25, 0.3) is 32.9 Å². The second kappa shape index (κ2) is 4.94. The van der Waals surface area contributed by atoms with Gasteiger partial charge in [-0.25, -0.2) is 0 Å². The van der Waals surface area contributed by atoms with Crippen LogP contribution in [0.15, 0.2) is 66.7 Å². The van der Waals surface area contributed by atoms with Crippen molar-refractivity contribution >= 4 is 21.7 Å². The molecule has 4 aromatic rings. The van der Waals surface area contributed by atoms with Crippen molar-refractivity contribution in [3.8, 4) is 17.3 Å². The maximum Gasteiger partial charge on any atom is 0.112 e. The van der Waals surface area contributed by atoms with Gasteiger partial charge in [-0.15, -0.1) is 10.2 Å². The molecule has 1 aromatic heterocycles. The van der Waals surface area contributed by atoms with Gasteiger partial charge < -0.3 is 0 Å². The summed E-state index contributed by atoms with van der Waals surface area (Å²) in [6.07, 6.45) is 0. The van der Waals surface area contributed by atoms with E-state index in [1.807, 2.05) is 54.6 Å². The van der Waals surface area contributed by atoms with Crippen molar-refractivity contribution in [2.45, 2.75) is 0 Å². The molecule has 3 heteroatoms. The molecule has 4 rings (SSSR count). The Hall–Kier alpha value is -3.25. The number of aromatic nitrogens is 2. The van der Waals surface area contributed by atoms with Crippen LogP contribution in [0.1, 0.15) is 5.56 Å². The number of hydrogen-bond acceptors (Lipinski definition) is 3. The highest BCUT2D eigenvalue weighted by Gasteiger charge is 2.14. The first-order valence-electron chi connectivity index (χ1n) is 7.02. The highest BCUT2D eigenvalue weighted by Crippen LogP contribution is 2.31. The molecule has 0 amide bonds. The van der Waals surface area contributed by atoms with Crippen LogP contribution in [-0.4, -0.2) is 10.2 Å². The topological polar surface area (TPSA) is 49.6 Å². The molecule has 0 aliphatic rings. The lowest BCUT2D eigenvalue weighted by atomic mass is 9.98. The Bertz CT molecular complexity index is 1040. The summed E-state index contributed by atoms with van der Waals surface area (Å²) in [6, 6.07) is 24.0. The van der Waals surface area contributed by atoms with Crippen LogP contribution in [0.4, 0.5) is 0 Å². The highest BCUT2D eigenvalue weighted by molar-refractivity contribution is 5.99. The Balaban J connectivity index is 2.11. The van der Waals surface area contributed by atoms with E-state index < -0.39 is 0 Å². The summed E-state index contributed by atoms with van der Waals surface area (Å²) in [5.74, 6) is 0. The Labute approximate surface area is 127 Å². The van der Waals surface area contributed by atoms with Gasteiger partial charge in [-0.1, -0.05) is 60.7 Å². The zero-order valence-electron chi connectivity index (χ0n) is 11.7. The lowest BCUT2D eigenvalue weighted by Gasteiger charge is -2.08. The summed E-state index contributed by atoms with van der Waals surface area (Å²) in [5.41, 5.74) is 2.89. The van der Waals surface area contributed by atoms with E-state index in [0.29, 0.717) is 11.3 Å². The van der Waals surface area contributed by atoms with Gasteiger partial charge in [0.1, 0.15) is 11.8 Å². The van der Waals surface area contributed by atoms with E-state index >= 15 is 0 Å². The second-order valence-corrected chi connectivity index (χ2v) is 5.08. The lowest BCUT2D eigenvalue weighted by molar-refractivity contribution is 1.08. The van der Waals surface area contributed by atoms with Gasteiger partial charge in [-0.3, -0.25) is 0 Å². The molecule has 0 fully saturated rings. The third kappa shape index (κ3) is 1.82. The number of nitriles is 1. The smallest absolute Gasteiger partial charge is 0.112 e. The molecule has 0 aliphatic heterocycles. The number of fused-ring (bicyclic) bond motifs is 2. The Kier molecular flexibility index (Phi) is 2.80. The van der Waals surface area contributed by atoms with Gasteiger partial charge in [0, 0.05) is 10.9 Å². The van der Waals surface area contributed by atoms with E-state index in [4.69, 9.17) is 0 Å².